The van der Waals surface area contributed by atoms with Crippen molar-refractivity contribution in [3.8, 4) is 17.3 Å². The molecule has 4 rings (SSSR count). The van der Waals surface area contributed by atoms with Gasteiger partial charge in [0.05, 0.1) is 17.1 Å². The zero-order valence-electron chi connectivity index (χ0n) is 16.4. The summed E-state index contributed by atoms with van der Waals surface area (Å²) in [7, 11) is 0. The zero-order valence-corrected chi connectivity index (χ0v) is 18.8. The Hall–Kier alpha value is -3.36. The van der Waals surface area contributed by atoms with Gasteiger partial charge in [-0.25, -0.2) is 0 Å². The quantitative estimate of drug-likeness (QED) is 0.259. The maximum Gasteiger partial charge on any atom is 0.290 e. The topological polar surface area (TPSA) is 71.9 Å². The van der Waals surface area contributed by atoms with E-state index < -0.39 is 5.56 Å². The summed E-state index contributed by atoms with van der Waals surface area (Å²) < 4.78 is 3.73. The van der Waals surface area contributed by atoms with E-state index in [9.17, 15) is 9.90 Å². The molecule has 31 heavy (non-hydrogen) atoms. The van der Waals surface area contributed by atoms with Crippen LogP contribution in [0.3, 0.4) is 0 Å². The molecule has 3 aromatic carbocycles. The number of hydrogen-bond acceptors (Lipinski definition) is 5. The van der Waals surface area contributed by atoms with E-state index in [1.54, 1.807) is 24.3 Å². The van der Waals surface area contributed by atoms with Crippen molar-refractivity contribution in [2.75, 3.05) is 0 Å². The van der Waals surface area contributed by atoms with Crippen molar-refractivity contribution in [3.05, 3.63) is 104 Å². The Morgan fingerprint density at radius 3 is 2.06 bits per heavy atom. The molecule has 0 saturated heterocycles. The van der Waals surface area contributed by atoms with Crippen LogP contribution < -0.4 is 5.56 Å². The summed E-state index contributed by atoms with van der Waals surface area (Å²) in [6.45, 7) is 1.96. The second-order valence-electron chi connectivity index (χ2n) is 6.78. The lowest BCUT2D eigenvalue weighted by atomic mass is 10.2. The molecule has 8 heteroatoms. The highest BCUT2D eigenvalue weighted by Crippen LogP contribution is 2.29. The molecule has 1 aromatic heterocycles. The minimum atomic E-state index is -0.562. The first-order valence-electron chi connectivity index (χ1n) is 9.36. The lowest BCUT2D eigenvalue weighted by Gasteiger charge is -2.16. The van der Waals surface area contributed by atoms with Gasteiger partial charge in [-0.05, 0) is 67.7 Å². The van der Waals surface area contributed by atoms with E-state index in [2.05, 4.69) is 26.2 Å². The highest BCUT2D eigenvalue weighted by molar-refractivity contribution is 9.10. The number of azo groups is 1. The van der Waals surface area contributed by atoms with Gasteiger partial charge in [-0.1, -0.05) is 51.8 Å². The Morgan fingerprint density at radius 2 is 1.42 bits per heavy atom. The van der Waals surface area contributed by atoms with Crippen LogP contribution in [-0.2, 0) is 0 Å². The maximum absolute atomic E-state index is 13.3. The molecule has 4 aromatic rings. The fourth-order valence-corrected chi connectivity index (χ4v) is 3.66. The van der Waals surface area contributed by atoms with E-state index in [1.165, 1.54) is 9.13 Å². The minimum absolute atomic E-state index is 0.118. The predicted molar refractivity (Wildman–Crippen MR) is 127 cm³/mol. The molecule has 0 aliphatic carbocycles. The summed E-state index contributed by atoms with van der Waals surface area (Å²) in [6, 6.07) is 23.6. The monoisotopic (exact) mass is 492 g/mol. The van der Waals surface area contributed by atoms with Crippen molar-refractivity contribution in [2.24, 2.45) is 10.2 Å². The first-order valence-corrected chi connectivity index (χ1v) is 10.6. The Kier molecular flexibility index (Phi) is 5.92. The number of aryl methyl sites for hydroxylation is 1. The second-order valence-corrected chi connectivity index (χ2v) is 8.06. The number of aromatic hydroxyl groups is 1. The van der Waals surface area contributed by atoms with Crippen LogP contribution in [0, 0.1) is 11.7 Å². The highest BCUT2D eigenvalue weighted by atomic mass is 79.9. The average Bonchev–Trinajstić information content (AvgIpc) is 2.77. The molecule has 1 heterocycles. The van der Waals surface area contributed by atoms with E-state index in [1.807, 2.05) is 61.5 Å². The number of nitrogens with zero attached hydrogens (tertiary/aromatic N) is 4. The van der Waals surface area contributed by atoms with Gasteiger partial charge in [0.1, 0.15) is 0 Å². The zero-order chi connectivity index (χ0) is 22.0. The maximum atomic E-state index is 13.3. The van der Waals surface area contributed by atoms with Gasteiger partial charge in [0, 0.05) is 4.47 Å². The molecule has 0 unspecified atom stereocenters. The van der Waals surface area contributed by atoms with Crippen molar-refractivity contribution in [3.63, 3.8) is 0 Å². The third-order valence-corrected chi connectivity index (χ3v) is 5.50. The molecular formula is C23H17BrN4O2S. The average molecular weight is 493 g/mol. The Morgan fingerprint density at radius 1 is 0.839 bits per heavy atom. The summed E-state index contributed by atoms with van der Waals surface area (Å²) in [5.41, 5.74) is 2.00. The predicted octanol–water partition coefficient (Wildman–Crippen LogP) is 6.55. The van der Waals surface area contributed by atoms with Crippen molar-refractivity contribution in [1.29, 1.82) is 0 Å². The summed E-state index contributed by atoms with van der Waals surface area (Å²) >= 11 is 9.01. The second kappa shape index (κ2) is 8.79. The van der Waals surface area contributed by atoms with Crippen molar-refractivity contribution in [1.82, 2.24) is 9.13 Å². The number of hydrogen-bond donors (Lipinski definition) is 1. The standard InChI is InChI=1S/C23H17BrN4O2S/c1-15-7-11-18(12-8-15)27-21(29)20(26-25-17-5-3-2-4-6-17)22(30)28(23(27)31)19-13-9-16(24)10-14-19/h2-14,29H,1H3. The summed E-state index contributed by atoms with van der Waals surface area (Å²) in [5, 5.41) is 19.2. The van der Waals surface area contributed by atoms with Gasteiger partial charge >= 0.3 is 0 Å². The summed E-state index contributed by atoms with van der Waals surface area (Å²) in [6.07, 6.45) is 0. The molecule has 154 valence electrons. The van der Waals surface area contributed by atoms with Crippen LogP contribution in [0.4, 0.5) is 11.4 Å². The van der Waals surface area contributed by atoms with E-state index in [4.69, 9.17) is 12.2 Å². The molecule has 0 amide bonds. The van der Waals surface area contributed by atoms with Crippen LogP contribution in [0.5, 0.6) is 5.88 Å². The first-order chi connectivity index (χ1) is 15.0. The van der Waals surface area contributed by atoms with Gasteiger partial charge in [0.15, 0.2) is 4.77 Å². The van der Waals surface area contributed by atoms with E-state index in [0.717, 1.165) is 10.0 Å². The molecule has 0 saturated carbocycles. The van der Waals surface area contributed by atoms with Crippen molar-refractivity contribution < 1.29 is 5.11 Å². The van der Waals surface area contributed by atoms with E-state index >= 15 is 0 Å². The molecule has 0 radical (unpaired) electrons. The third kappa shape index (κ3) is 4.26. The summed E-state index contributed by atoms with van der Waals surface area (Å²) in [5.74, 6) is -0.369. The van der Waals surface area contributed by atoms with Gasteiger partial charge in [-0.2, -0.15) is 5.11 Å². The van der Waals surface area contributed by atoms with Crippen LogP contribution >= 0.6 is 28.1 Å². The van der Waals surface area contributed by atoms with Crippen LogP contribution in [0.15, 0.2) is 98.4 Å². The molecule has 0 bridgehead atoms. The highest BCUT2D eigenvalue weighted by Gasteiger charge is 2.19. The molecule has 0 aliphatic heterocycles. The van der Waals surface area contributed by atoms with E-state index in [-0.39, 0.29) is 16.3 Å². The molecule has 0 fully saturated rings. The van der Waals surface area contributed by atoms with Crippen LogP contribution in [-0.4, -0.2) is 14.2 Å². The van der Waals surface area contributed by atoms with Crippen LogP contribution in [0.2, 0.25) is 0 Å². The van der Waals surface area contributed by atoms with Gasteiger partial charge < -0.3 is 5.11 Å². The third-order valence-electron chi connectivity index (χ3n) is 4.61. The summed E-state index contributed by atoms with van der Waals surface area (Å²) in [4.78, 5) is 13.3. The minimum Gasteiger partial charge on any atom is -0.492 e. The van der Waals surface area contributed by atoms with Crippen LogP contribution in [0.1, 0.15) is 5.56 Å². The van der Waals surface area contributed by atoms with Gasteiger partial charge in [-0.3, -0.25) is 13.9 Å². The molecule has 6 nitrogen and oxygen atoms in total. The molecule has 0 atom stereocenters. The largest absolute Gasteiger partial charge is 0.492 e. The smallest absolute Gasteiger partial charge is 0.290 e. The van der Waals surface area contributed by atoms with Gasteiger partial charge in [-0.15, -0.1) is 5.11 Å². The van der Waals surface area contributed by atoms with Crippen molar-refractivity contribution in [2.45, 2.75) is 6.92 Å². The normalized spacial score (nSPS) is 11.2. The van der Waals surface area contributed by atoms with Gasteiger partial charge in [0.25, 0.3) is 5.56 Å². The van der Waals surface area contributed by atoms with E-state index in [0.29, 0.717) is 17.1 Å². The number of halogens is 1. The van der Waals surface area contributed by atoms with Crippen LogP contribution in [0.25, 0.3) is 11.4 Å². The molecule has 1 N–H and O–H groups in total. The molecular weight excluding hydrogens is 476 g/mol. The number of rotatable bonds is 4. The number of aromatic nitrogens is 2. The molecule has 0 aliphatic rings. The fourth-order valence-electron chi connectivity index (χ4n) is 3.02. The Labute approximate surface area is 191 Å². The fraction of sp³-hybridized carbons (Fsp3) is 0.0435. The van der Waals surface area contributed by atoms with Crippen molar-refractivity contribution >= 4 is 39.5 Å². The first kappa shape index (κ1) is 20.9. The molecule has 0 spiro atoms. The SMILES string of the molecule is Cc1ccc(-n2c(O)c(N=Nc3ccccc3)c(=O)n(-c3ccc(Br)cc3)c2=S)cc1. The lowest BCUT2D eigenvalue weighted by Crippen LogP contribution is -2.23. The number of benzene rings is 3. The van der Waals surface area contributed by atoms with Gasteiger partial charge in [0.2, 0.25) is 11.6 Å². The lowest BCUT2D eigenvalue weighted by molar-refractivity contribution is 0.432. The Bertz CT molecular complexity index is 1380. The Balaban J connectivity index is 2.01.